The van der Waals surface area contributed by atoms with Crippen LogP contribution in [-0.2, 0) is 0 Å². The molecule has 0 amide bonds. The zero-order valence-electron chi connectivity index (χ0n) is 12.9. The van der Waals surface area contributed by atoms with Gasteiger partial charge in [-0.15, -0.1) is 0 Å². The molecule has 0 radical (unpaired) electrons. The van der Waals surface area contributed by atoms with E-state index in [-0.39, 0.29) is 0 Å². The molecular weight excluding hydrogens is 349 g/mol. The number of aliphatic hydroxyl groups excluding tert-OH is 1. The van der Waals surface area contributed by atoms with E-state index in [1.165, 1.54) is 0 Å². The lowest BCUT2D eigenvalue weighted by Gasteiger charge is -2.21. The van der Waals surface area contributed by atoms with Crippen LogP contribution in [0.15, 0.2) is 41.3 Å². The summed E-state index contributed by atoms with van der Waals surface area (Å²) in [5, 5.41) is 40.2. The van der Waals surface area contributed by atoms with Crippen molar-refractivity contribution in [3.05, 3.63) is 67.1 Å². The molecule has 1 unspecified atom stereocenters. The second-order valence-electron chi connectivity index (χ2n) is 5.10. The van der Waals surface area contributed by atoms with E-state index in [0.717, 1.165) is 26.0 Å². The molecule has 2 N–H and O–H groups in total. The highest BCUT2D eigenvalue weighted by molar-refractivity contribution is 5.50. The zero-order valence-corrected chi connectivity index (χ0v) is 12.9. The molecule has 136 valence electrons. The summed E-state index contributed by atoms with van der Waals surface area (Å²) in [7, 11) is 0. The first kappa shape index (κ1) is 19.9. The van der Waals surface area contributed by atoms with Gasteiger partial charge in [0.15, 0.2) is 11.5 Å². The Morgan fingerprint density at radius 2 is 1.80 bits per heavy atom. The number of nitrogens with zero attached hydrogens (tertiary/aromatic N) is 2. The predicted octanol–water partition coefficient (Wildman–Crippen LogP) is 3.96. The average molecular weight is 362 g/mol. The van der Waals surface area contributed by atoms with Crippen LogP contribution in [0.3, 0.4) is 0 Å². The highest BCUT2D eigenvalue weighted by atomic mass is 19.4. The summed E-state index contributed by atoms with van der Waals surface area (Å²) in [4.78, 5) is 19.5. The largest absolute Gasteiger partial charge is 0.506 e. The number of hydrogen-bond acceptors (Lipinski definition) is 6. The Bertz CT molecular complexity index is 766. The molecule has 1 aromatic carbocycles. The lowest BCUT2D eigenvalue weighted by Crippen LogP contribution is -2.22. The molecule has 0 spiro atoms. The van der Waals surface area contributed by atoms with E-state index < -0.39 is 56.0 Å². The number of alkyl halides is 3. The Balaban J connectivity index is 3.57. The molecule has 0 aliphatic rings. The van der Waals surface area contributed by atoms with Crippen LogP contribution in [0.2, 0.25) is 0 Å². The van der Waals surface area contributed by atoms with Crippen LogP contribution in [0.1, 0.15) is 25.3 Å². The maximum atomic E-state index is 13.4. The molecule has 0 aliphatic carbocycles. The molecule has 0 aromatic heterocycles. The number of benzene rings is 1. The number of phenolic OH excluding ortho intramolecular Hbond substituents is 1. The Labute approximate surface area is 138 Å². The van der Waals surface area contributed by atoms with Gasteiger partial charge in [-0.3, -0.25) is 20.2 Å². The second kappa shape index (κ2) is 7.20. The van der Waals surface area contributed by atoms with Gasteiger partial charge in [0, 0.05) is 19.1 Å². The van der Waals surface area contributed by atoms with Crippen LogP contribution in [0.5, 0.6) is 5.75 Å². The molecule has 0 fully saturated rings. The minimum atomic E-state index is -4.92. The average Bonchev–Trinajstić information content (AvgIpc) is 2.44. The Morgan fingerprint density at radius 3 is 2.20 bits per heavy atom. The standard InChI is InChI=1S/C14H13F3N2O6/c1-7(5-10(8(2)20)18(22)23)13(14(15,16)17)9-3-4-12(21)11(6-9)19(24)25/h3-6,13,20-21H,1-2H3/b7-5+,10-8-. The number of nitro benzene ring substituents is 1. The molecule has 8 nitrogen and oxygen atoms in total. The van der Waals surface area contributed by atoms with Gasteiger partial charge in [0.25, 0.3) is 0 Å². The maximum absolute atomic E-state index is 13.4. The van der Waals surface area contributed by atoms with Crippen molar-refractivity contribution in [2.75, 3.05) is 0 Å². The normalized spacial score (nSPS) is 14.7. The van der Waals surface area contributed by atoms with Crippen molar-refractivity contribution in [2.24, 2.45) is 0 Å². The number of aliphatic hydroxyl groups is 1. The smallest absolute Gasteiger partial charge is 0.399 e. The van der Waals surface area contributed by atoms with E-state index >= 15 is 0 Å². The van der Waals surface area contributed by atoms with Crippen LogP contribution in [-0.4, -0.2) is 26.2 Å². The minimum Gasteiger partial charge on any atom is -0.506 e. The number of rotatable bonds is 5. The summed E-state index contributed by atoms with van der Waals surface area (Å²) in [5.74, 6) is -4.00. The lowest BCUT2D eigenvalue weighted by molar-refractivity contribution is -0.422. The van der Waals surface area contributed by atoms with Gasteiger partial charge < -0.3 is 10.2 Å². The Hall–Kier alpha value is -3.11. The molecule has 0 aliphatic heterocycles. The molecule has 1 rings (SSSR count). The maximum Gasteiger partial charge on any atom is 0.399 e. The third-order valence-electron chi connectivity index (χ3n) is 3.24. The van der Waals surface area contributed by atoms with Gasteiger partial charge in [-0.1, -0.05) is 6.07 Å². The van der Waals surface area contributed by atoms with E-state index in [1.54, 1.807) is 0 Å². The molecule has 0 bridgehead atoms. The number of allylic oxidation sites excluding steroid dienone is 3. The van der Waals surface area contributed by atoms with Crippen molar-refractivity contribution in [3.8, 4) is 5.75 Å². The molecule has 0 saturated heterocycles. The first-order valence-electron chi connectivity index (χ1n) is 6.62. The predicted molar refractivity (Wildman–Crippen MR) is 79.6 cm³/mol. The van der Waals surface area contributed by atoms with E-state index in [4.69, 9.17) is 0 Å². The number of nitro groups is 2. The van der Waals surface area contributed by atoms with Crippen molar-refractivity contribution in [3.63, 3.8) is 0 Å². The van der Waals surface area contributed by atoms with Gasteiger partial charge in [0.05, 0.1) is 9.85 Å². The fourth-order valence-corrected chi connectivity index (χ4v) is 2.16. The summed E-state index contributed by atoms with van der Waals surface area (Å²) < 4.78 is 40.3. The monoisotopic (exact) mass is 362 g/mol. The van der Waals surface area contributed by atoms with E-state index in [2.05, 4.69) is 0 Å². The van der Waals surface area contributed by atoms with Crippen molar-refractivity contribution >= 4 is 5.69 Å². The highest BCUT2D eigenvalue weighted by Gasteiger charge is 2.43. The summed E-state index contributed by atoms with van der Waals surface area (Å²) in [5.41, 5.74) is -3.00. The van der Waals surface area contributed by atoms with E-state index in [1.807, 2.05) is 0 Å². The van der Waals surface area contributed by atoms with Gasteiger partial charge >= 0.3 is 17.6 Å². The highest BCUT2D eigenvalue weighted by Crippen LogP contribution is 2.42. The second-order valence-corrected chi connectivity index (χ2v) is 5.10. The number of hydrogen-bond donors (Lipinski definition) is 2. The zero-order chi connectivity index (χ0) is 19.5. The van der Waals surface area contributed by atoms with E-state index in [0.29, 0.717) is 12.1 Å². The number of aromatic hydroxyl groups is 1. The van der Waals surface area contributed by atoms with Crippen molar-refractivity contribution in [1.29, 1.82) is 0 Å². The van der Waals surface area contributed by atoms with Gasteiger partial charge in [-0.05, 0) is 24.1 Å². The number of phenols is 1. The van der Waals surface area contributed by atoms with Gasteiger partial charge in [-0.25, -0.2) is 0 Å². The summed E-state index contributed by atoms with van der Waals surface area (Å²) in [6, 6.07) is 2.12. The molecule has 11 heteroatoms. The topological polar surface area (TPSA) is 127 Å². The van der Waals surface area contributed by atoms with E-state index in [9.17, 15) is 43.6 Å². The summed E-state index contributed by atoms with van der Waals surface area (Å²) in [6.07, 6.45) is -4.37. The van der Waals surface area contributed by atoms with Crippen molar-refractivity contribution in [2.45, 2.75) is 25.9 Å². The first-order valence-corrected chi connectivity index (χ1v) is 6.62. The molecule has 1 aromatic rings. The van der Waals surface area contributed by atoms with Crippen LogP contribution in [0.25, 0.3) is 0 Å². The Morgan fingerprint density at radius 1 is 1.24 bits per heavy atom. The van der Waals surface area contributed by atoms with Crippen LogP contribution in [0, 0.1) is 20.2 Å². The molecule has 0 saturated carbocycles. The third-order valence-corrected chi connectivity index (χ3v) is 3.24. The summed E-state index contributed by atoms with van der Waals surface area (Å²) >= 11 is 0. The molecule has 0 heterocycles. The minimum absolute atomic E-state index is 0.548. The lowest BCUT2D eigenvalue weighted by atomic mass is 9.90. The summed E-state index contributed by atoms with van der Waals surface area (Å²) in [6.45, 7) is 1.89. The Kier molecular flexibility index (Phi) is 5.74. The molecule has 1 atom stereocenters. The fourth-order valence-electron chi connectivity index (χ4n) is 2.16. The van der Waals surface area contributed by atoms with Gasteiger partial charge in [0.1, 0.15) is 5.92 Å². The first-order chi connectivity index (χ1) is 11.4. The SMILES string of the molecule is C/C(O)=C(\C=C(/C)C(c1ccc(O)c([N+](=O)[O-])c1)C(F)(F)F)[N+](=O)[O-]. The van der Waals surface area contributed by atoms with Crippen molar-refractivity contribution < 1.29 is 33.2 Å². The third kappa shape index (κ3) is 4.68. The van der Waals surface area contributed by atoms with Crippen LogP contribution < -0.4 is 0 Å². The van der Waals surface area contributed by atoms with Crippen LogP contribution in [0.4, 0.5) is 18.9 Å². The molecule has 25 heavy (non-hydrogen) atoms. The quantitative estimate of drug-likeness (QED) is 0.353. The van der Waals surface area contributed by atoms with Gasteiger partial charge in [0.2, 0.25) is 0 Å². The molecular formula is C14H13F3N2O6. The van der Waals surface area contributed by atoms with Gasteiger partial charge in [-0.2, -0.15) is 13.2 Å². The fraction of sp³-hybridized carbons (Fsp3) is 0.286. The van der Waals surface area contributed by atoms with Crippen molar-refractivity contribution in [1.82, 2.24) is 0 Å². The van der Waals surface area contributed by atoms with Crippen LogP contribution >= 0.6 is 0 Å². The number of halogens is 3.